The van der Waals surface area contributed by atoms with Crippen molar-refractivity contribution in [2.75, 3.05) is 65.4 Å². The van der Waals surface area contributed by atoms with E-state index in [4.69, 9.17) is 0 Å². The van der Waals surface area contributed by atoms with Crippen molar-refractivity contribution in [2.45, 2.75) is 25.2 Å². The highest BCUT2D eigenvalue weighted by Crippen LogP contribution is 2.30. The lowest BCUT2D eigenvalue weighted by atomic mass is 10.0. The molecule has 0 amide bonds. The molecule has 2 atom stereocenters. The van der Waals surface area contributed by atoms with E-state index in [0.29, 0.717) is 13.1 Å². The largest absolute Gasteiger partial charge is 0.297 e. The van der Waals surface area contributed by atoms with Crippen molar-refractivity contribution < 1.29 is 0 Å². The van der Waals surface area contributed by atoms with Crippen LogP contribution in [0, 0.1) is 0 Å². The lowest BCUT2D eigenvalue weighted by molar-refractivity contribution is 0.113. The first-order valence-electron chi connectivity index (χ1n) is 23.8. The molecule has 2 fully saturated rings. The van der Waals surface area contributed by atoms with Crippen molar-refractivity contribution in [1.82, 2.24) is 60.0 Å². The number of aromatic nitrogens is 8. The summed E-state index contributed by atoms with van der Waals surface area (Å²) in [6.07, 6.45) is 8.94. The van der Waals surface area contributed by atoms with E-state index < -0.39 is 0 Å². The second-order valence-corrected chi connectivity index (χ2v) is 17.3. The van der Waals surface area contributed by atoms with E-state index in [1.165, 1.54) is 33.4 Å². The van der Waals surface area contributed by atoms with Gasteiger partial charge in [-0.05, 0) is 54.2 Å². The molecule has 344 valence electrons. The molecule has 68 heavy (non-hydrogen) atoms. The summed E-state index contributed by atoms with van der Waals surface area (Å²) < 4.78 is 3.89. The van der Waals surface area contributed by atoms with Crippen molar-refractivity contribution in [2.24, 2.45) is 0 Å². The van der Waals surface area contributed by atoms with Gasteiger partial charge in [0.2, 0.25) is 0 Å². The molecule has 2 aliphatic rings. The number of rotatable bonds is 16. The zero-order valence-corrected chi connectivity index (χ0v) is 38.6. The molecule has 0 N–H and O–H groups in total. The van der Waals surface area contributed by atoms with Crippen LogP contribution in [0.15, 0.2) is 194 Å². The number of piperazine rings is 2. The number of hydrogen-bond donors (Lipinski definition) is 0. The van der Waals surface area contributed by atoms with E-state index in [-0.39, 0.29) is 12.1 Å². The standard InChI is InChI=1S/2C28H30N6/c2*1-4-11-24(12-5-1)15-10-18-32-19-21-33(22-20-32)27(26-16-8-3-9-17-26)28-29-30-31-34(28)23-25-13-6-2-7-14-25/h2*1-17,27H,18-23H2/b2*15-10+/t2*27-/m10/s1. The summed E-state index contributed by atoms with van der Waals surface area (Å²) in [6, 6.07) is 63.0. The van der Waals surface area contributed by atoms with Crippen molar-refractivity contribution in [3.05, 3.63) is 239 Å². The number of tetrazole rings is 2. The van der Waals surface area contributed by atoms with Gasteiger partial charge in [0.05, 0.1) is 25.2 Å². The summed E-state index contributed by atoms with van der Waals surface area (Å²) in [5.41, 5.74) is 7.33. The third-order valence-corrected chi connectivity index (χ3v) is 12.7. The van der Waals surface area contributed by atoms with Crippen molar-refractivity contribution >= 4 is 12.2 Å². The van der Waals surface area contributed by atoms with Crippen molar-refractivity contribution in [3.63, 3.8) is 0 Å². The lowest BCUT2D eigenvalue weighted by Gasteiger charge is -2.38. The second-order valence-electron chi connectivity index (χ2n) is 17.3. The van der Waals surface area contributed by atoms with Gasteiger partial charge in [-0.15, -0.1) is 10.2 Å². The molecule has 6 aromatic carbocycles. The molecule has 10 rings (SSSR count). The molecule has 4 heterocycles. The Morgan fingerprint density at radius 2 is 0.706 bits per heavy atom. The van der Waals surface area contributed by atoms with Gasteiger partial charge in [-0.3, -0.25) is 19.6 Å². The predicted molar refractivity (Wildman–Crippen MR) is 270 cm³/mol. The Bertz CT molecular complexity index is 2520. The van der Waals surface area contributed by atoms with Crippen molar-refractivity contribution in [3.8, 4) is 0 Å². The summed E-state index contributed by atoms with van der Waals surface area (Å²) in [5.74, 6) is 1.79. The average Bonchev–Trinajstić information content (AvgIpc) is 4.06. The fourth-order valence-electron chi connectivity index (χ4n) is 9.08. The number of nitrogens with zero attached hydrogens (tertiary/aromatic N) is 12. The SMILES string of the molecule is C(=C\c1ccccc1)/CN1CCN([C@@H](c2ccccc2)c2nnnn2Cc2ccccc2)CC1.C(=C\c1ccccc1)/CN1CCN([C@H](c2ccccc2)c2nnnn2Cc2ccccc2)CC1. The van der Waals surface area contributed by atoms with E-state index >= 15 is 0 Å². The molecule has 0 bridgehead atoms. The van der Waals surface area contributed by atoms with Gasteiger partial charge in [-0.2, -0.15) is 0 Å². The first-order valence-corrected chi connectivity index (χ1v) is 23.8. The summed E-state index contributed by atoms with van der Waals surface area (Å²) in [6.45, 7) is 11.2. The van der Waals surface area contributed by atoms with Gasteiger partial charge >= 0.3 is 0 Å². The topological polar surface area (TPSA) is 100 Å². The van der Waals surface area contributed by atoms with Gasteiger partial charge in [0, 0.05) is 65.4 Å². The molecule has 0 unspecified atom stereocenters. The molecule has 0 saturated carbocycles. The Hall–Kier alpha value is -7.22. The molecule has 2 saturated heterocycles. The Morgan fingerprint density at radius 3 is 1.06 bits per heavy atom. The van der Waals surface area contributed by atoms with Crippen molar-refractivity contribution in [1.29, 1.82) is 0 Å². The molecule has 0 aliphatic carbocycles. The minimum absolute atomic E-state index is 0.0296. The smallest absolute Gasteiger partial charge is 0.173 e. The molecule has 12 heteroatoms. The Balaban J connectivity index is 0.000000170. The first-order chi connectivity index (χ1) is 33.7. The summed E-state index contributed by atoms with van der Waals surface area (Å²) >= 11 is 0. The number of hydrogen-bond acceptors (Lipinski definition) is 10. The monoisotopic (exact) mass is 901 g/mol. The van der Waals surface area contributed by atoms with E-state index in [0.717, 1.165) is 77.1 Å². The summed E-state index contributed by atoms with van der Waals surface area (Å²) in [7, 11) is 0. The first kappa shape index (κ1) is 45.9. The van der Waals surface area contributed by atoms with Crippen LogP contribution in [0.5, 0.6) is 0 Å². The van der Waals surface area contributed by atoms with Gasteiger partial charge in [-0.1, -0.05) is 206 Å². The van der Waals surface area contributed by atoms with Crippen LogP contribution in [-0.2, 0) is 13.1 Å². The third-order valence-electron chi connectivity index (χ3n) is 12.7. The highest BCUT2D eigenvalue weighted by atomic mass is 15.6. The second kappa shape index (κ2) is 24.0. The minimum Gasteiger partial charge on any atom is -0.297 e. The van der Waals surface area contributed by atoms with E-state index in [1.54, 1.807) is 0 Å². The molecule has 0 spiro atoms. The molecule has 2 aliphatic heterocycles. The zero-order chi connectivity index (χ0) is 46.0. The highest BCUT2D eigenvalue weighted by molar-refractivity contribution is 5.49. The van der Waals surface area contributed by atoms with Crippen LogP contribution in [0.4, 0.5) is 0 Å². The van der Waals surface area contributed by atoms with Gasteiger partial charge in [0.25, 0.3) is 0 Å². The van der Waals surface area contributed by atoms with Crippen LogP contribution in [0.25, 0.3) is 12.2 Å². The molecule has 0 radical (unpaired) electrons. The zero-order valence-electron chi connectivity index (χ0n) is 38.6. The van der Waals surface area contributed by atoms with Crippen LogP contribution >= 0.6 is 0 Å². The normalized spacial score (nSPS) is 16.1. The molecule has 2 aromatic heterocycles. The van der Waals surface area contributed by atoms with Gasteiger partial charge in [0.1, 0.15) is 0 Å². The summed E-state index contributed by atoms with van der Waals surface area (Å²) in [4.78, 5) is 10.0. The predicted octanol–water partition coefficient (Wildman–Crippen LogP) is 8.28. The molecular formula is C56H60N12. The highest BCUT2D eigenvalue weighted by Gasteiger charge is 2.32. The van der Waals surface area contributed by atoms with Crippen LogP contribution in [0.3, 0.4) is 0 Å². The maximum Gasteiger partial charge on any atom is 0.173 e. The van der Waals surface area contributed by atoms with E-state index in [1.807, 2.05) is 21.5 Å². The molecule has 8 aromatic rings. The quantitative estimate of drug-likeness (QED) is 0.0943. The maximum atomic E-state index is 4.50. The van der Waals surface area contributed by atoms with Gasteiger partial charge < -0.3 is 0 Å². The van der Waals surface area contributed by atoms with Crippen LogP contribution in [0.2, 0.25) is 0 Å². The average molecular weight is 901 g/mol. The van der Waals surface area contributed by atoms with Gasteiger partial charge in [-0.25, -0.2) is 9.36 Å². The maximum absolute atomic E-state index is 4.50. The Kier molecular flexibility index (Phi) is 16.2. The van der Waals surface area contributed by atoms with E-state index in [2.05, 4.69) is 245 Å². The van der Waals surface area contributed by atoms with Gasteiger partial charge in [0.15, 0.2) is 11.6 Å². The lowest BCUT2D eigenvalue weighted by Crippen LogP contribution is -2.48. The summed E-state index contributed by atoms with van der Waals surface area (Å²) in [5, 5.41) is 25.8. The molecular weight excluding hydrogens is 841 g/mol. The molecule has 12 nitrogen and oxygen atoms in total. The fraction of sp³-hybridized carbons (Fsp3) is 0.250. The van der Waals surface area contributed by atoms with Crippen LogP contribution in [-0.4, -0.2) is 125 Å². The van der Waals surface area contributed by atoms with Crippen LogP contribution in [0.1, 0.15) is 57.1 Å². The van der Waals surface area contributed by atoms with Crippen LogP contribution < -0.4 is 0 Å². The minimum atomic E-state index is 0.0296. The number of benzene rings is 6. The fourth-order valence-corrected chi connectivity index (χ4v) is 9.08. The third kappa shape index (κ3) is 12.6. The Labute approximate surface area is 400 Å². The van der Waals surface area contributed by atoms with E-state index in [9.17, 15) is 0 Å². The Morgan fingerprint density at radius 1 is 0.382 bits per heavy atom.